The standard InChI is InChI=1S/C23H24ClN5O2S/c24-18-7-5-17(6-8-18)15-27-23(31)29-12-10-28(11-13-29)21-20(4-1-9-25-21)22(30)26-16-19-3-2-14-32-19/h1-9,14H,10-13,15-16H2,(H,26,30)(H,27,31). The van der Waals surface area contributed by atoms with Crippen LogP contribution in [-0.2, 0) is 13.1 Å². The zero-order chi connectivity index (χ0) is 22.3. The van der Waals surface area contributed by atoms with Gasteiger partial charge in [0.2, 0.25) is 0 Å². The van der Waals surface area contributed by atoms with Crippen LogP contribution < -0.4 is 15.5 Å². The van der Waals surface area contributed by atoms with E-state index in [-0.39, 0.29) is 11.9 Å². The summed E-state index contributed by atoms with van der Waals surface area (Å²) < 4.78 is 0. The molecule has 1 fully saturated rings. The molecule has 9 heteroatoms. The second-order valence-electron chi connectivity index (χ2n) is 7.40. The molecule has 1 aliphatic rings. The van der Waals surface area contributed by atoms with E-state index < -0.39 is 0 Å². The molecule has 0 bridgehead atoms. The van der Waals surface area contributed by atoms with E-state index in [2.05, 4.69) is 20.5 Å². The first-order chi connectivity index (χ1) is 15.6. The molecular formula is C23H24ClN5O2S. The predicted octanol–water partition coefficient (Wildman–Crippen LogP) is 3.76. The third-order valence-corrected chi connectivity index (χ3v) is 6.39. The van der Waals surface area contributed by atoms with Crippen molar-refractivity contribution in [3.8, 4) is 0 Å². The summed E-state index contributed by atoms with van der Waals surface area (Å²) in [6.07, 6.45) is 1.69. The summed E-state index contributed by atoms with van der Waals surface area (Å²) in [5.74, 6) is 0.502. The first-order valence-corrected chi connectivity index (χ1v) is 11.6. The van der Waals surface area contributed by atoms with Crippen LogP contribution in [0.3, 0.4) is 0 Å². The van der Waals surface area contributed by atoms with Crippen LogP contribution in [0.4, 0.5) is 10.6 Å². The van der Waals surface area contributed by atoms with E-state index in [0.717, 1.165) is 10.4 Å². The van der Waals surface area contributed by atoms with Crippen LogP contribution in [0.5, 0.6) is 0 Å². The minimum Gasteiger partial charge on any atom is -0.352 e. The summed E-state index contributed by atoms with van der Waals surface area (Å²) in [5.41, 5.74) is 1.54. The van der Waals surface area contributed by atoms with Crippen molar-refractivity contribution in [2.75, 3.05) is 31.1 Å². The van der Waals surface area contributed by atoms with Crippen LogP contribution in [0.15, 0.2) is 60.1 Å². The third kappa shape index (κ3) is 5.57. The predicted molar refractivity (Wildman–Crippen MR) is 127 cm³/mol. The van der Waals surface area contributed by atoms with Gasteiger partial charge in [-0.2, -0.15) is 0 Å². The molecule has 0 saturated carbocycles. The summed E-state index contributed by atoms with van der Waals surface area (Å²) in [4.78, 5) is 34.7. The number of halogens is 1. The number of carbonyl (C=O) groups excluding carboxylic acids is 2. The SMILES string of the molecule is O=C(NCc1cccs1)c1cccnc1N1CCN(C(=O)NCc2ccc(Cl)cc2)CC1. The Labute approximate surface area is 196 Å². The number of piperazine rings is 1. The summed E-state index contributed by atoms with van der Waals surface area (Å²) in [5, 5.41) is 8.57. The van der Waals surface area contributed by atoms with Crippen molar-refractivity contribution in [2.45, 2.75) is 13.1 Å². The normalized spacial score (nSPS) is 13.7. The highest BCUT2D eigenvalue weighted by molar-refractivity contribution is 7.09. The highest BCUT2D eigenvalue weighted by Crippen LogP contribution is 2.20. The number of pyridine rings is 1. The van der Waals surface area contributed by atoms with Gasteiger partial charge in [-0.15, -0.1) is 11.3 Å². The lowest BCUT2D eigenvalue weighted by molar-refractivity contribution is 0.0951. The Morgan fingerprint density at radius 2 is 1.75 bits per heavy atom. The summed E-state index contributed by atoms with van der Waals surface area (Å²) in [6, 6.07) is 14.8. The van der Waals surface area contributed by atoms with Crippen LogP contribution in [0.25, 0.3) is 0 Å². The van der Waals surface area contributed by atoms with E-state index in [1.165, 1.54) is 0 Å². The molecule has 1 aliphatic heterocycles. The number of amides is 3. The summed E-state index contributed by atoms with van der Waals surface area (Å²) >= 11 is 7.51. The van der Waals surface area contributed by atoms with E-state index >= 15 is 0 Å². The number of thiophene rings is 1. The minimum absolute atomic E-state index is 0.102. The maximum Gasteiger partial charge on any atom is 0.317 e. The fraction of sp³-hybridized carbons (Fsp3) is 0.261. The lowest BCUT2D eigenvalue weighted by Gasteiger charge is -2.36. The molecule has 0 aliphatic carbocycles. The van der Waals surface area contributed by atoms with Gasteiger partial charge in [-0.25, -0.2) is 9.78 Å². The maximum absolute atomic E-state index is 12.8. The number of nitrogens with one attached hydrogen (secondary N) is 2. The van der Waals surface area contributed by atoms with Gasteiger partial charge in [-0.3, -0.25) is 4.79 Å². The second kappa shape index (κ2) is 10.5. The number of hydrogen-bond donors (Lipinski definition) is 2. The number of carbonyl (C=O) groups is 2. The minimum atomic E-state index is -0.148. The van der Waals surface area contributed by atoms with Gasteiger partial charge in [0.05, 0.1) is 12.1 Å². The topological polar surface area (TPSA) is 77.6 Å². The first kappa shape index (κ1) is 22.1. The van der Waals surface area contributed by atoms with Gasteiger partial charge >= 0.3 is 6.03 Å². The maximum atomic E-state index is 12.8. The number of aromatic nitrogens is 1. The fourth-order valence-corrected chi connectivity index (χ4v) is 4.29. The van der Waals surface area contributed by atoms with Crippen LogP contribution >= 0.6 is 22.9 Å². The van der Waals surface area contributed by atoms with E-state index in [4.69, 9.17) is 11.6 Å². The van der Waals surface area contributed by atoms with Gasteiger partial charge in [0.25, 0.3) is 5.91 Å². The van der Waals surface area contributed by atoms with Crippen molar-refractivity contribution >= 4 is 40.7 Å². The zero-order valence-electron chi connectivity index (χ0n) is 17.5. The number of nitrogens with zero attached hydrogens (tertiary/aromatic N) is 3. The molecule has 3 aromatic rings. The Bertz CT molecular complexity index is 1050. The highest BCUT2D eigenvalue weighted by Gasteiger charge is 2.24. The lowest BCUT2D eigenvalue weighted by atomic mass is 10.2. The Morgan fingerprint density at radius 3 is 2.47 bits per heavy atom. The molecule has 0 unspecified atom stereocenters. The molecule has 0 spiro atoms. The molecule has 3 heterocycles. The lowest BCUT2D eigenvalue weighted by Crippen LogP contribution is -2.52. The molecule has 2 aromatic heterocycles. The molecule has 4 rings (SSSR count). The van der Waals surface area contributed by atoms with Gasteiger partial charge in [0, 0.05) is 48.8 Å². The second-order valence-corrected chi connectivity index (χ2v) is 8.86. The molecule has 166 valence electrons. The molecule has 0 atom stereocenters. The smallest absolute Gasteiger partial charge is 0.317 e. The van der Waals surface area contributed by atoms with Crippen molar-refractivity contribution in [3.05, 3.63) is 81.1 Å². The van der Waals surface area contributed by atoms with Gasteiger partial charge in [-0.1, -0.05) is 29.8 Å². The van der Waals surface area contributed by atoms with Gasteiger partial charge in [-0.05, 0) is 41.3 Å². The van der Waals surface area contributed by atoms with Crippen LogP contribution in [0.1, 0.15) is 20.8 Å². The Kier molecular flexibility index (Phi) is 7.24. The zero-order valence-corrected chi connectivity index (χ0v) is 19.0. The average molecular weight is 470 g/mol. The molecule has 1 saturated heterocycles. The molecule has 1 aromatic carbocycles. The van der Waals surface area contributed by atoms with E-state index in [1.54, 1.807) is 34.6 Å². The molecule has 32 heavy (non-hydrogen) atoms. The van der Waals surface area contributed by atoms with E-state index in [1.807, 2.05) is 41.8 Å². The number of benzene rings is 1. The highest BCUT2D eigenvalue weighted by atomic mass is 35.5. The molecule has 2 N–H and O–H groups in total. The Hall–Kier alpha value is -3.10. The molecular weight excluding hydrogens is 446 g/mol. The average Bonchev–Trinajstić information content (AvgIpc) is 3.36. The van der Waals surface area contributed by atoms with Crippen LogP contribution in [0, 0.1) is 0 Å². The third-order valence-electron chi connectivity index (χ3n) is 5.26. The number of urea groups is 1. The van der Waals surface area contributed by atoms with Crippen molar-refractivity contribution in [2.24, 2.45) is 0 Å². The van der Waals surface area contributed by atoms with Gasteiger partial charge in [0.15, 0.2) is 0 Å². The van der Waals surface area contributed by atoms with Gasteiger partial charge in [0.1, 0.15) is 5.82 Å². The molecule has 0 radical (unpaired) electrons. The summed E-state index contributed by atoms with van der Waals surface area (Å²) in [6.45, 7) is 3.27. The summed E-state index contributed by atoms with van der Waals surface area (Å²) in [7, 11) is 0. The van der Waals surface area contributed by atoms with Crippen LogP contribution in [-0.4, -0.2) is 48.0 Å². The van der Waals surface area contributed by atoms with Crippen molar-refractivity contribution in [3.63, 3.8) is 0 Å². The number of rotatable bonds is 6. The number of hydrogen-bond acceptors (Lipinski definition) is 5. The number of anilines is 1. The molecule has 7 nitrogen and oxygen atoms in total. The van der Waals surface area contributed by atoms with Crippen molar-refractivity contribution in [1.82, 2.24) is 20.5 Å². The quantitative estimate of drug-likeness (QED) is 0.576. The largest absolute Gasteiger partial charge is 0.352 e. The fourth-order valence-electron chi connectivity index (χ4n) is 3.52. The van der Waals surface area contributed by atoms with Gasteiger partial charge < -0.3 is 20.4 Å². The first-order valence-electron chi connectivity index (χ1n) is 10.4. The molecule has 3 amide bonds. The Balaban J connectivity index is 1.31. The van der Waals surface area contributed by atoms with Crippen LogP contribution in [0.2, 0.25) is 5.02 Å². The van der Waals surface area contributed by atoms with E-state index in [0.29, 0.717) is 55.7 Å². The monoisotopic (exact) mass is 469 g/mol. The van der Waals surface area contributed by atoms with E-state index in [9.17, 15) is 9.59 Å². The Morgan fingerprint density at radius 1 is 0.969 bits per heavy atom. The van der Waals surface area contributed by atoms with Crippen molar-refractivity contribution in [1.29, 1.82) is 0 Å². The van der Waals surface area contributed by atoms with Crippen molar-refractivity contribution < 1.29 is 9.59 Å².